The van der Waals surface area contributed by atoms with Gasteiger partial charge in [-0.25, -0.2) is 4.39 Å². The Morgan fingerprint density at radius 2 is 1.91 bits per heavy atom. The van der Waals surface area contributed by atoms with Gasteiger partial charge >= 0.3 is 0 Å². The van der Waals surface area contributed by atoms with Crippen molar-refractivity contribution in [3.63, 3.8) is 0 Å². The zero-order valence-electron chi connectivity index (χ0n) is 11.9. The molecule has 0 unspecified atom stereocenters. The van der Waals surface area contributed by atoms with Gasteiger partial charge < -0.3 is 4.42 Å². The van der Waals surface area contributed by atoms with Crippen molar-refractivity contribution in [3.05, 3.63) is 76.8 Å². The second-order valence-electron chi connectivity index (χ2n) is 4.85. The number of rotatable bonds is 3. The fourth-order valence-electron chi connectivity index (χ4n) is 2.09. The molecule has 0 aliphatic carbocycles. The van der Waals surface area contributed by atoms with Crippen LogP contribution in [0.25, 0.3) is 11.3 Å². The smallest absolute Gasteiger partial charge is 0.145 e. The maximum absolute atomic E-state index is 13.2. The fraction of sp³-hybridized carbons (Fsp3) is 0.0556. The average Bonchev–Trinajstić information content (AvgIpc) is 2.98. The van der Waals surface area contributed by atoms with Crippen LogP contribution in [-0.2, 0) is 0 Å². The minimum absolute atomic E-state index is 0.293. The van der Waals surface area contributed by atoms with Crippen molar-refractivity contribution >= 4 is 23.5 Å². The third-order valence-electron chi connectivity index (χ3n) is 3.31. The molecule has 3 rings (SSSR count). The number of nitrogens with zero attached hydrogens (tertiary/aromatic N) is 1. The summed E-state index contributed by atoms with van der Waals surface area (Å²) in [4.78, 5) is 4.38. The molecule has 0 radical (unpaired) electrons. The zero-order valence-corrected chi connectivity index (χ0v) is 12.6. The van der Waals surface area contributed by atoms with Crippen molar-refractivity contribution < 1.29 is 8.81 Å². The van der Waals surface area contributed by atoms with E-state index in [0.29, 0.717) is 22.1 Å². The van der Waals surface area contributed by atoms with Crippen LogP contribution in [0.4, 0.5) is 10.1 Å². The molecule has 0 N–H and O–H groups in total. The second kappa shape index (κ2) is 6.16. The van der Waals surface area contributed by atoms with Gasteiger partial charge in [-0.15, -0.1) is 0 Å². The summed E-state index contributed by atoms with van der Waals surface area (Å²) in [5.41, 5.74) is 2.40. The summed E-state index contributed by atoms with van der Waals surface area (Å²) in [6, 6.07) is 15.4. The van der Waals surface area contributed by atoms with E-state index in [4.69, 9.17) is 16.0 Å². The molecule has 22 heavy (non-hydrogen) atoms. The lowest BCUT2D eigenvalue weighted by molar-refractivity contribution is 0.573. The standard InChI is InChI=1S/C18H13ClFNO/c1-12-16(19)6-3-7-17(12)21-11-15-8-9-18(22-15)13-4-2-5-14(20)10-13/h2-11H,1H3. The lowest BCUT2D eigenvalue weighted by atomic mass is 10.2. The van der Waals surface area contributed by atoms with E-state index in [1.54, 1.807) is 30.5 Å². The van der Waals surface area contributed by atoms with E-state index < -0.39 is 0 Å². The summed E-state index contributed by atoms with van der Waals surface area (Å²) in [5.74, 6) is 0.904. The van der Waals surface area contributed by atoms with Crippen molar-refractivity contribution in [2.75, 3.05) is 0 Å². The molecule has 0 spiro atoms. The van der Waals surface area contributed by atoms with E-state index >= 15 is 0 Å². The van der Waals surface area contributed by atoms with Gasteiger partial charge in [-0.1, -0.05) is 29.8 Å². The summed E-state index contributed by atoms with van der Waals surface area (Å²) in [5, 5.41) is 0.676. The molecule has 0 saturated heterocycles. The van der Waals surface area contributed by atoms with Crippen molar-refractivity contribution in [1.29, 1.82) is 0 Å². The minimum atomic E-state index is -0.293. The van der Waals surface area contributed by atoms with Crippen molar-refractivity contribution in [3.8, 4) is 11.3 Å². The Morgan fingerprint density at radius 1 is 1.09 bits per heavy atom. The molecule has 0 bridgehead atoms. The Kier molecular flexibility index (Phi) is 4.07. The van der Waals surface area contributed by atoms with Crippen LogP contribution in [0, 0.1) is 12.7 Å². The Balaban J connectivity index is 1.85. The van der Waals surface area contributed by atoms with Crippen LogP contribution in [0.2, 0.25) is 5.02 Å². The molecule has 2 aromatic carbocycles. The average molecular weight is 314 g/mol. The number of hydrogen-bond donors (Lipinski definition) is 0. The molecule has 2 nitrogen and oxygen atoms in total. The highest BCUT2D eigenvalue weighted by Gasteiger charge is 2.05. The Hall–Kier alpha value is -2.39. The summed E-state index contributed by atoms with van der Waals surface area (Å²) in [7, 11) is 0. The van der Waals surface area contributed by atoms with Crippen LogP contribution in [-0.4, -0.2) is 6.21 Å². The maximum Gasteiger partial charge on any atom is 0.145 e. The van der Waals surface area contributed by atoms with Crippen LogP contribution in [0.5, 0.6) is 0 Å². The molecule has 4 heteroatoms. The first-order valence-electron chi connectivity index (χ1n) is 6.78. The zero-order chi connectivity index (χ0) is 15.5. The largest absolute Gasteiger partial charge is 0.455 e. The third kappa shape index (κ3) is 3.10. The summed E-state index contributed by atoms with van der Waals surface area (Å²) >= 11 is 6.06. The number of furan rings is 1. The van der Waals surface area contributed by atoms with Gasteiger partial charge in [0.2, 0.25) is 0 Å². The van der Waals surface area contributed by atoms with Crippen molar-refractivity contribution in [2.45, 2.75) is 6.92 Å². The van der Waals surface area contributed by atoms with Gasteiger partial charge in [-0.3, -0.25) is 4.99 Å². The van der Waals surface area contributed by atoms with Gasteiger partial charge in [0, 0.05) is 10.6 Å². The molecule has 3 aromatic rings. The lowest BCUT2D eigenvalue weighted by Gasteiger charge is -2.00. The van der Waals surface area contributed by atoms with Gasteiger partial charge in [0.05, 0.1) is 11.9 Å². The van der Waals surface area contributed by atoms with E-state index in [0.717, 1.165) is 11.3 Å². The monoisotopic (exact) mass is 313 g/mol. The van der Waals surface area contributed by atoms with Crippen LogP contribution >= 0.6 is 11.6 Å². The summed E-state index contributed by atoms with van der Waals surface area (Å²) in [6.07, 6.45) is 1.63. The molecule has 1 aromatic heterocycles. The maximum atomic E-state index is 13.2. The quantitative estimate of drug-likeness (QED) is 0.561. The van der Waals surface area contributed by atoms with Gasteiger partial charge in [0.25, 0.3) is 0 Å². The van der Waals surface area contributed by atoms with Crippen molar-refractivity contribution in [1.82, 2.24) is 0 Å². The van der Waals surface area contributed by atoms with Gasteiger partial charge in [-0.05, 0) is 48.9 Å². The predicted octanol–water partition coefficient (Wildman–Crippen LogP) is 5.80. The molecular weight excluding hydrogens is 301 g/mol. The molecular formula is C18H13ClFNO. The number of aliphatic imine (C=N–C) groups is 1. The van der Waals surface area contributed by atoms with Crippen LogP contribution in [0.3, 0.4) is 0 Å². The predicted molar refractivity (Wildman–Crippen MR) is 87.5 cm³/mol. The van der Waals surface area contributed by atoms with Gasteiger partial charge in [-0.2, -0.15) is 0 Å². The Morgan fingerprint density at radius 3 is 2.73 bits per heavy atom. The van der Waals surface area contributed by atoms with Crippen LogP contribution in [0.15, 0.2) is 64.0 Å². The molecule has 0 fully saturated rings. The highest BCUT2D eigenvalue weighted by Crippen LogP contribution is 2.26. The minimum Gasteiger partial charge on any atom is -0.455 e. The topological polar surface area (TPSA) is 25.5 Å². The highest BCUT2D eigenvalue weighted by molar-refractivity contribution is 6.31. The van der Waals surface area contributed by atoms with Gasteiger partial charge in [0.15, 0.2) is 0 Å². The van der Waals surface area contributed by atoms with E-state index in [1.165, 1.54) is 12.1 Å². The van der Waals surface area contributed by atoms with E-state index in [9.17, 15) is 4.39 Å². The van der Waals surface area contributed by atoms with Crippen LogP contribution in [0.1, 0.15) is 11.3 Å². The number of halogens is 2. The van der Waals surface area contributed by atoms with E-state index in [2.05, 4.69) is 4.99 Å². The Bertz CT molecular complexity index is 839. The summed E-state index contributed by atoms with van der Waals surface area (Å²) < 4.78 is 18.9. The normalized spacial score (nSPS) is 11.2. The van der Waals surface area contributed by atoms with E-state index in [1.807, 2.05) is 25.1 Å². The summed E-state index contributed by atoms with van der Waals surface area (Å²) in [6.45, 7) is 1.91. The number of benzene rings is 2. The van der Waals surface area contributed by atoms with Crippen LogP contribution < -0.4 is 0 Å². The lowest BCUT2D eigenvalue weighted by Crippen LogP contribution is -1.79. The molecule has 1 heterocycles. The molecule has 0 aliphatic rings. The van der Waals surface area contributed by atoms with E-state index in [-0.39, 0.29) is 5.82 Å². The molecule has 0 amide bonds. The first-order chi connectivity index (χ1) is 10.6. The first-order valence-corrected chi connectivity index (χ1v) is 7.16. The van der Waals surface area contributed by atoms with Gasteiger partial charge in [0.1, 0.15) is 17.3 Å². The second-order valence-corrected chi connectivity index (χ2v) is 5.26. The Labute approximate surface area is 132 Å². The number of hydrogen-bond acceptors (Lipinski definition) is 2. The first kappa shape index (κ1) is 14.5. The van der Waals surface area contributed by atoms with Crippen molar-refractivity contribution in [2.24, 2.45) is 4.99 Å². The molecule has 110 valence electrons. The SMILES string of the molecule is Cc1c(Cl)cccc1N=Cc1ccc(-c2cccc(F)c2)o1. The molecule has 0 aliphatic heterocycles. The molecule has 0 atom stereocenters. The molecule has 0 saturated carbocycles. The highest BCUT2D eigenvalue weighted by atomic mass is 35.5. The fourth-order valence-corrected chi connectivity index (χ4v) is 2.26. The third-order valence-corrected chi connectivity index (χ3v) is 3.72.